The van der Waals surface area contributed by atoms with Crippen molar-refractivity contribution in [3.8, 4) is 0 Å². The Kier molecular flexibility index (Phi) is 8.51. The first-order chi connectivity index (χ1) is 24.3. The summed E-state index contributed by atoms with van der Waals surface area (Å²) < 4.78 is 0. The summed E-state index contributed by atoms with van der Waals surface area (Å²) in [5.41, 5.74) is 5.54. The number of benzene rings is 2. The second kappa shape index (κ2) is 13.3. The summed E-state index contributed by atoms with van der Waals surface area (Å²) in [5.74, 6) is -1.41. The first-order valence-electron chi connectivity index (χ1n) is 17.7. The summed E-state index contributed by atoms with van der Waals surface area (Å²) in [6.07, 6.45) is 11.8. The lowest BCUT2D eigenvalue weighted by atomic mass is 9.77. The quantitative estimate of drug-likeness (QED) is 0.115. The van der Waals surface area contributed by atoms with Crippen molar-refractivity contribution in [2.24, 2.45) is 5.92 Å². The largest absolute Gasteiger partial charge is 0.388 e. The van der Waals surface area contributed by atoms with Crippen LogP contribution >= 0.6 is 0 Å². The van der Waals surface area contributed by atoms with E-state index in [1.54, 1.807) is 24.4 Å². The van der Waals surface area contributed by atoms with Crippen LogP contribution in [0.25, 0.3) is 16.6 Å². The first kappa shape index (κ1) is 32.1. The topological polar surface area (TPSA) is 173 Å². The Labute approximate surface area is 289 Å². The number of carbonyl (C=O) groups is 4. The molecule has 5 heterocycles. The average molecular weight is 676 g/mol. The number of aromatic nitrogens is 2. The van der Waals surface area contributed by atoms with Crippen LogP contribution in [0.1, 0.15) is 77.8 Å². The Morgan fingerprint density at radius 1 is 0.960 bits per heavy atom. The number of nitrogens with zero attached hydrogens (tertiary/aromatic N) is 4. The molecule has 4 aliphatic heterocycles. The average Bonchev–Trinajstić information content (AvgIpc) is 3.57. The fraction of sp³-hybridized carbons (Fsp3) is 0.432. The van der Waals surface area contributed by atoms with Gasteiger partial charge in [0.25, 0.3) is 11.8 Å². The maximum atomic E-state index is 13.1. The minimum Gasteiger partial charge on any atom is -0.388 e. The molecule has 3 unspecified atom stereocenters. The lowest BCUT2D eigenvalue weighted by molar-refractivity contribution is -0.136. The highest BCUT2D eigenvalue weighted by Gasteiger charge is 2.44. The molecule has 8 rings (SSSR count). The number of hydrogen-bond donors (Lipinski definition) is 5. The Hall–Kier alpha value is -5.17. The van der Waals surface area contributed by atoms with Crippen LogP contribution in [-0.4, -0.2) is 88.5 Å². The third kappa shape index (κ3) is 6.21. The molecular weight excluding hydrogens is 634 g/mol. The van der Waals surface area contributed by atoms with Gasteiger partial charge in [-0.2, -0.15) is 0 Å². The van der Waals surface area contributed by atoms with Gasteiger partial charge >= 0.3 is 0 Å². The number of amides is 4. The summed E-state index contributed by atoms with van der Waals surface area (Å²) in [4.78, 5) is 62.8. The molecule has 2 aromatic carbocycles. The molecule has 1 aromatic heterocycles. The maximum absolute atomic E-state index is 13.1. The number of nitrogens with one attached hydrogen (secondary N) is 5. The highest BCUT2D eigenvalue weighted by molar-refractivity contribution is 6.23. The number of carbonyl (C=O) groups excluding carboxylic acids is 4. The molecule has 4 amide bonds. The van der Waals surface area contributed by atoms with Crippen molar-refractivity contribution in [1.29, 1.82) is 5.41 Å². The van der Waals surface area contributed by atoms with Gasteiger partial charge in [-0.25, -0.2) is 4.98 Å². The number of piperidine rings is 1. The van der Waals surface area contributed by atoms with E-state index in [0.29, 0.717) is 35.3 Å². The van der Waals surface area contributed by atoms with Gasteiger partial charge in [0.05, 0.1) is 34.1 Å². The van der Waals surface area contributed by atoms with E-state index in [2.05, 4.69) is 43.3 Å². The third-order valence-electron chi connectivity index (χ3n) is 10.8. The molecule has 13 nitrogen and oxygen atoms in total. The fourth-order valence-corrected chi connectivity index (χ4v) is 8.05. The van der Waals surface area contributed by atoms with Gasteiger partial charge in [0.1, 0.15) is 6.04 Å². The van der Waals surface area contributed by atoms with Crippen LogP contribution in [0.2, 0.25) is 0 Å². The van der Waals surface area contributed by atoms with E-state index in [4.69, 9.17) is 10.4 Å². The fourth-order valence-electron chi connectivity index (χ4n) is 8.05. The van der Waals surface area contributed by atoms with Gasteiger partial charge in [-0.15, -0.1) is 0 Å². The van der Waals surface area contributed by atoms with Crippen molar-refractivity contribution in [1.82, 2.24) is 30.8 Å². The Balaban J connectivity index is 0.801. The normalized spacial score (nSPS) is 26.2. The van der Waals surface area contributed by atoms with Crippen molar-refractivity contribution in [2.75, 3.05) is 29.9 Å². The molecule has 4 fully saturated rings. The number of fused-ring (bicyclic) bond motifs is 4. The smallest absolute Gasteiger partial charge is 0.262 e. The number of rotatable bonds is 11. The number of anilines is 2. The van der Waals surface area contributed by atoms with E-state index in [0.717, 1.165) is 66.9 Å². The zero-order valence-electron chi connectivity index (χ0n) is 27.8. The number of imide groups is 2. The summed E-state index contributed by atoms with van der Waals surface area (Å²) in [6, 6.07) is 11.9. The van der Waals surface area contributed by atoms with Gasteiger partial charge < -0.3 is 26.3 Å². The molecule has 1 saturated carbocycles. The van der Waals surface area contributed by atoms with E-state index in [9.17, 15) is 19.2 Å². The van der Waals surface area contributed by atoms with Gasteiger partial charge in [-0.1, -0.05) is 0 Å². The van der Waals surface area contributed by atoms with Crippen molar-refractivity contribution < 1.29 is 19.2 Å². The van der Waals surface area contributed by atoms with Crippen molar-refractivity contribution >= 4 is 57.8 Å². The summed E-state index contributed by atoms with van der Waals surface area (Å²) in [5, 5.41) is 20.8. The molecule has 3 aromatic rings. The molecule has 5 N–H and O–H groups in total. The van der Waals surface area contributed by atoms with Crippen molar-refractivity contribution in [3.05, 3.63) is 65.6 Å². The summed E-state index contributed by atoms with van der Waals surface area (Å²) in [6.45, 7) is 2.75. The second-order valence-corrected chi connectivity index (χ2v) is 14.2. The van der Waals surface area contributed by atoms with E-state index >= 15 is 0 Å². The zero-order valence-corrected chi connectivity index (χ0v) is 27.8. The minimum atomic E-state index is -0.970. The van der Waals surface area contributed by atoms with Gasteiger partial charge in [-0.3, -0.25) is 34.4 Å². The highest BCUT2D eigenvalue weighted by atomic mass is 16.2. The number of hydrogen-bond acceptors (Lipinski definition) is 11. The SMILES string of the molecule is N=C/C(=C\NC1CC(CCCNc2ccc3c(c2)C(=O)N(C2CCC(=O)NC2=O)C3=O)C1)c1cnc2ccc(N3CC4CCC(C3)N4)cc2n1. The molecule has 0 spiro atoms. The Bertz CT molecular complexity index is 1910. The van der Waals surface area contributed by atoms with Crippen LogP contribution in [0.15, 0.2) is 48.8 Å². The highest BCUT2D eigenvalue weighted by Crippen LogP contribution is 2.33. The van der Waals surface area contributed by atoms with E-state index in [1.165, 1.54) is 24.7 Å². The molecule has 50 heavy (non-hydrogen) atoms. The van der Waals surface area contributed by atoms with E-state index in [-0.39, 0.29) is 24.0 Å². The summed E-state index contributed by atoms with van der Waals surface area (Å²) >= 11 is 0. The predicted molar refractivity (Wildman–Crippen MR) is 189 cm³/mol. The third-order valence-corrected chi connectivity index (χ3v) is 10.8. The molecule has 5 aliphatic rings. The monoisotopic (exact) mass is 675 g/mol. The van der Waals surface area contributed by atoms with Crippen LogP contribution in [0.5, 0.6) is 0 Å². The minimum absolute atomic E-state index is 0.0926. The lowest BCUT2D eigenvalue weighted by Gasteiger charge is -2.36. The van der Waals surface area contributed by atoms with Crippen LogP contribution < -0.4 is 26.2 Å². The van der Waals surface area contributed by atoms with Gasteiger partial charge in [0.15, 0.2) is 0 Å². The van der Waals surface area contributed by atoms with Crippen LogP contribution in [0.4, 0.5) is 11.4 Å². The van der Waals surface area contributed by atoms with Crippen LogP contribution in [-0.2, 0) is 9.59 Å². The molecule has 0 radical (unpaired) electrons. The standard InChI is InChI=1S/C37H41N9O4/c38-16-22(32-18-41-30-8-6-27(15-31(30)43-32)45-19-24-3-4-25(20-45)42-24)17-40-26-12-21(13-26)2-1-11-39-23-5-7-28-29(14-23)37(50)46(36(28)49)33-9-10-34(47)44-35(33)48/h5-8,14-18,21,24-26,33,38-40,42H,1-4,9-13,19-20H2,(H,44,47,48)/b22-17+,38-16?. The van der Waals surface area contributed by atoms with E-state index in [1.807, 2.05) is 12.3 Å². The summed E-state index contributed by atoms with van der Waals surface area (Å²) in [7, 11) is 0. The number of allylic oxidation sites excluding steroid dienone is 1. The predicted octanol–water partition coefficient (Wildman–Crippen LogP) is 3.22. The van der Waals surface area contributed by atoms with Gasteiger partial charge in [-0.05, 0) is 87.3 Å². The molecule has 2 bridgehead atoms. The first-order valence-corrected chi connectivity index (χ1v) is 17.7. The molecule has 13 heteroatoms. The second-order valence-electron chi connectivity index (χ2n) is 14.2. The Morgan fingerprint density at radius 2 is 1.76 bits per heavy atom. The lowest BCUT2D eigenvalue weighted by Crippen LogP contribution is -2.54. The van der Waals surface area contributed by atoms with Gasteiger partial charge in [0, 0.05) is 73.5 Å². The molecular formula is C37H41N9O4. The Morgan fingerprint density at radius 3 is 2.54 bits per heavy atom. The van der Waals surface area contributed by atoms with Crippen LogP contribution in [0, 0.1) is 11.3 Å². The molecule has 3 saturated heterocycles. The van der Waals surface area contributed by atoms with Crippen molar-refractivity contribution in [2.45, 2.75) is 75.5 Å². The van der Waals surface area contributed by atoms with Crippen molar-refractivity contribution in [3.63, 3.8) is 0 Å². The van der Waals surface area contributed by atoms with Crippen LogP contribution in [0.3, 0.4) is 0 Å². The molecule has 1 aliphatic carbocycles. The van der Waals surface area contributed by atoms with Gasteiger partial charge in [0.2, 0.25) is 11.8 Å². The number of piperazine rings is 1. The molecule has 3 atom stereocenters. The molecule has 258 valence electrons. The maximum Gasteiger partial charge on any atom is 0.262 e. The van der Waals surface area contributed by atoms with E-state index < -0.39 is 29.7 Å². The zero-order chi connectivity index (χ0) is 34.4.